The molecule has 0 aromatic heterocycles. The highest BCUT2D eigenvalue weighted by molar-refractivity contribution is 4.87. The summed E-state index contributed by atoms with van der Waals surface area (Å²) in [6.07, 6.45) is 2.22. The third-order valence-corrected chi connectivity index (χ3v) is 2.21. The van der Waals surface area contributed by atoms with E-state index in [2.05, 4.69) is 20.8 Å². The van der Waals surface area contributed by atoms with Crippen molar-refractivity contribution in [1.82, 2.24) is 5.06 Å². The molecule has 0 radical (unpaired) electrons. The Balaban J connectivity index is 2.62. The van der Waals surface area contributed by atoms with Crippen LogP contribution in [0.1, 0.15) is 33.6 Å². The van der Waals surface area contributed by atoms with Gasteiger partial charge in [-0.05, 0) is 33.6 Å². The lowest BCUT2D eigenvalue weighted by Gasteiger charge is -2.27. The maximum absolute atomic E-state index is 9.36. The van der Waals surface area contributed by atoms with Crippen LogP contribution in [0.4, 0.5) is 0 Å². The Morgan fingerprint density at radius 2 is 2.11 bits per heavy atom. The van der Waals surface area contributed by atoms with Gasteiger partial charge in [-0.15, -0.1) is 0 Å². The Hall–Kier alpha value is -0.0800. The Kier molecular flexibility index (Phi) is 1.53. The van der Waals surface area contributed by atoms with E-state index in [0.29, 0.717) is 6.04 Å². The van der Waals surface area contributed by atoms with Crippen LogP contribution in [0.3, 0.4) is 0 Å². The van der Waals surface area contributed by atoms with Crippen molar-refractivity contribution >= 4 is 0 Å². The molecule has 0 aromatic carbocycles. The fourth-order valence-electron chi connectivity index (χ4n) is 1.40. The zero-order valence-electron chi connectivity index (χ0n) is 6.39. The standard InChI is InChI=1S/C7H15NO/c1-6-4-5-7(2,3)8(6)9/h6,9H,4-5H2,1-3H3/t6-/m1/s1. The minimum atomic E-state index is 0.0133. The lowest BCUT2D eigenvalue weighted by Crippen LogP contribution is -2.38. The Morgan fingerprint density at radius 3 is 2.22 bits per heavy atom. The van der Waals surface area contributed by atoms with Crippen LogP contribution in [0.2, 0.25) is 0 Å². The molecule has 0 amide bonds. The number of hydroxylamine groups is 2. The van der Waals surface area contributed by atoms with E-state index >= 15 is 0 Å². The van der Waals surface area contributed by atoms with Gasteiger partial charge in [0.05, 0.1) is 0 Å². The van der Waals surface area contributed by atoms with Crippen LogP contribution in [-0.4, -0.2) is 21.9 Å². The average Bonchev–Trinajstić information content (AvgIpc) is 1.97. The molecule has 9 heavy (non-hydrogen) atoms. The lowest BCUT2D eigenvalue weighted by molar-refractivity contribution is -0.159. The van der Waals surface area contributed by atoms with Gasteiger partial charge in [0.25, 0.3) is 0 Å². The van der Waals surface area contributed by atoms with Crippen LogP contribution in [0, 0.1) is 0 Å². The van der Waals surface area contributed by atoms with Gasteiger partial charge in [-0.2, -0.15) is 5.06 Å². The molecule has 1 saturated heterocycles. The van der Waals surface area contributed by atoms with E-state index in [4.69, 9.17) is 0 Å². The van der Waals surface area contributed by atoms with Crippen LogP contribution in [0.25, 0.3) is 0 Å². The summed E-state index contributed by atoms with van der Waals surface area (Å²) in [5.41, 5.74) is 0.0133. The van der Waals surface area contributed by atoms with Gasteiger partial charge in [0.1, 0.15) is 0 Å². The van der Waals surface area contributed by atoms with Gasteiger partial charge < -0.3 is 5.21 Å². The first-order chi connectivity index (χ1) is 4.04. The van der Waals surface area contributed by atoms with Gasteiger partial charge in [-0.25, -0.2) is 0 Å². The minimum Gasteiger partial charge on any atom is -0.313 e. The second-order valence-electron chi connectivity index (χ2n) is 3.54. The molecule has 1 aliphatic rings. The summed E-state index contributed by atoms with van der Waals surface area (Å²) >= 11 is 0. The van der Waals surface area contributed by atoms with Crippen molar-refractivity contribution in [2.45, 2.75) is 45.2 Å². The quantitative estimate of drug-likeness (QED) is 0.537. The Bertz CT molecular complexity index is 111. The van der Waals surface area contributed by atoms with Crippen molar-refractivity contribution in [3.8, 4) is 0 Å². The molecular weight excluding hydrogens is 114 g/mol. The van der Waals surface area contributed by atoms with E-state index in [9.17, 15) is 5.21 Å². The zero-order valence-corrected chi connectivity index (χ0v) is 6.39. The SMILES string of the molecule is C[C@@H]1CCC(C)(C)N1O. The molecule has 0 aromatic rings. The fourth-order valence-corrected chi connectivity index (χ4v) is 1.40. The van der Waals surface area contributed by atoms with Crippen molar-refractivity contribution in [3.05, 3.63) is 0 Å². The second-order valence-corrected chi connectivity index (χ2v) is 3.54. The van der Waals surface area contributed by atoms with Crippen LogP contribution in [0.5, 0.6) is 0 Å². The first-order valence-electron chi connectivity index (χ1n) is 3.52. The second kappa shape index (κ2) is 1.96. The highest BCUT2D eigenvalue weighted by Crippen LogP contribution is 2.30. The number of rotatable bonds is 0. The summed E-state index contributed by atoms with van der Waals surface area (Å²) in [6.45, 7) is 6.18. The summed E-state index contributed by atoms with van der Waals surface area (Å²) in [4.78, 5) is 0. The average molecular weight is 129 g/mol. The minimum absolute atomic E-state index is 0.0133. The first-order valence-corrected chi connectivity index (χ1v) is 3.52. The summed E-state index contributed by atoms with van der Waals surface area (Å²) in [5, 5.41) is 10.8. The molecule has 0 saturated carbocycles. The molecule has 1 fully saturated rings. The van der Waals surface area contributed by atoms with Crippen molar-refractivity contribution in [1.29, 1.82) is 0 Å². The number of nitrogens with zero attached hydrogens (tertiary/aromatic N) is 1. The van der Waals surface area contributed by atoms with Crippen molar-refractivity contribution in [3.63, 3.8) is 0 Å². The monoisotopic (exact) mass is 129 g/mol. The largest absolute Gasteiger partial charge is 0.313 e. The van der Waals surface area contributed by atoms with Crippen LogP contribution >= 0.6 is 0 Å². The molecule has 1 rings (SSSR count). The Labute approximate surface area is 56.4 Å². The molecule has 0 unspecified atom stereocenters. The van der Waals surface area contributed by atoms with E-state index in [-0.39, 0.29) is 5.54 Å². The number of hydrogen-bond donors (Lipinski definition) is 1. The van der Waals surface area contributed by atoms with Gasteiger partial charge in [-0.3, -0.25) is 0 Å². The van der Waals surface area contributed by atoms with Crippen molar-refractivity contribution in [2.75, 3.05) is 0 Å². The molecule has 2 nitrogen and oxygen atoms in total. The van der Waals surface area contributed by atoms with Gasteiger partial charge in [0.15, 0.2) is 0 Å². The summed E-state index contributed by atoms with van der Waals surface area (Å²) in [5.74, 6) is 0. The van der Waals surface area contributed by atoms with E-state index < -0.39 is 0 Å². The third-order valence-electron chi connectivity index (χ3n) is 2.21. The molecule has 2 heteroatoms. The molecule has 0 bridgehead atoms. The van der Waals surface area contributed by atoms with Crippen LogP contribution in [-0.2, 0) is 0 Å². The summed E-state index contributed by atoms with van der Waals surface area (Å²) < 4.78 is 0. The van der Waals surface area contributed by atoms with E-state index in [1.807, 2.05) is 0 Å². The topological polar surface area (TPSA) is 23.5 Å². The normalized spacial score (nSPS) is 35.3. The molecule has 1 atom stereocenters. The number of hydrogen-bond acceptors (Lipinski definition) is 2. The van der Waals surface area contributed by atoms with Crippen LogP contribution < -0.4 is 0 Å². The van der Waals surface area contributed by atoms with E-state index in [1.165, 1.54) is 5.06 Å². The summed E-state index contributed by atoms with van der Waals surface area (Å²) in [7, 11) is 0. The van der Waals surface area contributed by atoms with Gasteiger partial charge >= 0.3 is 0 Å². The smallest absolute Gasteiger partial charge is 0.0408 e. The molecule has 1 aliphatic heterocycles. The summed E-state index contributed by atoms with van der Waals surface area (Å²) in [6, 6.07) is 0.347. The zero-order chi connectivity index (χ0) is 7.07. The maximum Gasteiger partial charge on any atom is 0.0408 e. The van der Waals surface area contributed by atoms with Gasteiger partial charge in [-0.1, -0.05) is 0 Å². The van der Waals surface area contributed by atoms with Crippen molar-refractivity contribution < 1.29 is 5.21 Å². The first kappa shape index (κ1) is 7.03. The maximum atomic E-state index is 9.36. The fraction of sp³-hybridized carbons (Fsp3) is 1.00. The van der Waals surface area contributed by atoms with E-state index in [1.54, 1.807) is 0 Å². The highest BCUT2D eigenvalue weighted by Gasteiger charge is 2.35. The molecule has 1 N–H and O–H groups in total. The predicted octanol–water partition coefficient (Wildman–Crippen LogP) is 1.64. The van der Waals surface area contributed by atoms with Gasteiger partial charge in [0, 0.05) is 11.6 Å². The third kappa shape index (κ3) is 1.10. The van der Waals surface area contributed by atoms with Crippen LogP contribution in [0.15, 0.2) is 0 Å². The molecular formula is C7H15NO. The molecule has 1 heterocycles. The highest BCUT2D eigenvalue weighted by atomic mass is 16.5. The van der Waals surface area contributed by atoms with Gasteiger partial charge in [0.2, 0.25) is 0 Å². The van der Waals surface area contributed by atoms with Crippen molar-refractivity contribution in [2.24, 2.45) is 0 Å². The van der Waals surface area contributed by atoms with E-state index in [0.717, 1.165) is 12.8 Å². The predicted molar refractivity (Wildman–Crippen MR) is 36.4 cm³/mol. The molecule has 0 aliphatic carbocycles. The molecule has 0 spiro atoms. The lowest BCUT2D eigenvalue weighted by atomic mass is 10.0. The molecule has 54 valence electrons. The Morgan fingerprint density at radius 1 is 1.56 bits per heavy atom.